The van der Waals surface area contributed by atoms with E-state index in [1.165, 1.54) is 11.1 Å². The third kappa shape index (κ3) is 4.96. The van der Waals surface area contributed by atoms with Crippen molar-refractivity contribution >= 4 is 18.3 Å². The average molecular weight is 430 g/mol. The molecule has 30 heavy (non-hydrogen) atoms. The second-order valence-corrected chi connectivity index (χ2v) is 8.88. The number of nitrogens with one attached hydrogen (secondary N) is 2. The van der Waals surface area contributed by atoms with E-state index in [0.717, 1.165) is 50.8 Å². The zero-order valence-electron chi connectivity index (χ0n) is 17.9. The number of aryl methyl sites for hydroxylation is 2. The van der Waals surface area contributed by atoms with Crippen LogP contribution in [0.2, 0.25) is 0 Å². The van der Waals surface area contributed by atoms with Gasteiger partial charge < -0.3 is 15.2 Å². The lowest BCUT2D eigenvalue weighted by atomic mass is 9.98. The molecule has 1 amide bonds. The van der Waals surface area contributed by atoms with Gasteiger partial charge in [-0.2, -0.15) is 0 Å². The fourth-order valence-electron chi connectivity index (χ4n) is 4.42. The van der Waals surface area contributed by atoms with Gasteiger partial charge in [0, 0.05) is 18.3 Å². The highest BCUT2D eigenvalue weighted by Gasteiger charge is 2.44. The van der Waals surface area contributed by atoms with Crippen molar-refractivity contribution < 1.29 is 4.79 Å². The molecule has 1 aromatic heterocycles. The van der Waals surface area contributed by atoms with Gasteiger partial charge in [0.05, 0.1) is 0 Å². The average Bonchev–Trinajstić information content (AvgIpc) is 3.46. The molecule has 1 aliphatic heterocycles. The molecule has 1 atom stereocenters. The summed E-state index contributed by atoms with van der Waals surface area (Å²) in [6.45, 7) is 6.61. The molecule has 1 saturated carbocycles. The molecular weight excluding hydrogens is 398 g/mol. The summed E-state index contributed by atoms with van der Waals surface area (Å²) in [6.07, 6.45) is 6.83. The Labute approximate surface area is 184 Å². The van der Waals surface area contributed by atoms with Crippen LogP contribution in [0.4, 0.5) is 0 Å². The van der Waals surface area contributed by atoms with E-state index < -0.39 is 0 Å². The molecule has 2 aliphatic rings. The van der Waals surface area contributed by atoms with Crippen molar-refractivity contribution in [2.45, 2.75) is 58.0 Å². The smallest absolute Gasteiger partial charge is 0.263 e. The molecule has 0 radical (unpaired) electrons. The summed E-state index contributed by atoms with van der Waals surface area (Å²) < 4.78 is 1.72. The standard InChI is InChI=1S/C24H31N3O2.ClH/c1-17-6-3-4-8-20(17)14-24(10-11-24)26-22(28)21-18(2)9-13-27(23(21)29)16-19-7-5-12-25-15-19;/h3-4,6,8-9,13,19,25H,5,7,10-12,14-16H2,1-2H3,(H,26,28);1H. The lowest BCUT2D eigenvalue weighted by Gasteiger charge is -2.24. The van der Waals surface area contributed by atoms with Crippen LogP contribution in [0.3, 0.4) is 0 Å². The summed E-state index contributed by atoms with van der Waals surface area (Å²) >= 11 is 0. The van der Waals surface area contributed by atoms with Gasteiger partial charge in [-0.25, -0.2) is 0 Å². The number of carbonyl (C=O) groups excluding carboxylic acids is 1. The minimum absolute atomic E-state index is 0. The summed E-state index contributed by atoms with van der Waals surface area (Å²) in [5, 5.41) is 6.60. The summed E-state index contributed by atoms with van der Waals surface area (Å²) in [6, 6.07) is 10.2. The molecule has 2 fully saturated rings. The molecular formula is C24H32ClN3O2. The zero-order valence-corrected chi connectivity index (χ0v) is 18.7. The first-order valence-electron chi connectivity index (χ1n) is 10.8. The number of hydrogen-bond acceptors (Lipinski definition) is 3. The molecule has 2 N–H and O–H groups in total. The van der Waals surface area contributed by atoms with Crippen LogP contribution in [-0.4, -0.2) is 29.1 Å². The Morgan fingerprint density at radius 1 is 1.20 bits per heavy atom. The van der Waals surface area contributed by atoms with E-state index in [1.54, 1.807) is 4.57 Å². The number of aromatic nitrogens is 1. The second-order valence-electron chi connectivity index (χ2n) is 8.88. The van der Waals surface area contributed by atoms with Gasteiger partial charge in [0.2, 0.25) is 0 Å². The van der Waals surface area contributed by atoms with Crippen molar-refractivity contribution in [2.24, 2.45) is 5.92 Å². The van der Waals surface area contributed by atoms with Gasteiger partial charge in [-0.3, -0.25) is 9.59 Å². The van der Waals surface area contributed by atoms with Gasteiger partial charge in [0.15, 0.2) is 0 Å². The highest BCUT2D eigenvalue weighted by molar-refractivity contribution is 5.96. The van der Waals surface area contributed by atoms with E-state index in [4.69, 9.17) is 0 Å². The first-order chi connectivity index (χ1) is 14.0. The van der Waals surface area contributed by atoms with E-state index in [9.17, 15) is 9.59 Å². The molecule has 4 rings (SSSR count). The Bertz CT molecular complexity index is 959. The Morgan fingerprint density at radius 3 is 2.63 bits per heavy atom. The summed E-state index contributed by atoms with van der Waals surface area (Å²) in [5.74, 6) is 0.214. The predicted octanol–water partition coefficient (Wildman–Crippen LogP) is 3.39. The minimum atomic E-state index is -0.227. The molecule has 2 heterocycles. The van der Waals surface area contributed by atoms with E-state index in [0.29, 0.717) is 18.0 Å². The topological polar surface area (TPSA) is 63.1 Å². The molecule has 162 valence electrons. The summed E-state index contributed by atoms with van der Waals surface area (Å²) in [7, 11) is 0. The van der Waals surface area contributed by atoms with Gasteiger partial charge in [-0.1, -0.05) is 24.3 Å². The fourth-order valence-corrected chi connectivity index (χ4v) is 4.42. The molecule has 0 spiro atoms. The number of hydrogen-bond donors (Lipinski definition) is 2. The first-order valence-corrected chi connectivity index (χ1v) is 10.8. The van der Waals surface area contributed by atoms with Crippen LogP contribution in [-0.2, 0) is 13.0 Å². The maximum Gasteiger partial charge on any atom is 0.263 e. The van der Waals surface area contributed by atoms with Crippen LogP contribution in [0.15, 0.2) is 41.3 Å². The molecule has 6 heteroatoms. The molecule has 1 saturated heterocycles. The van der Waals surface area contributed by atoms with Crippen LogP contribution in [0.5, 0.6) is 0 Å². The third-order valence-corrected chi connectivity index (χ3v) is 6.48. The van der Waals surface area contributed by atoms with Gasteiger partial charge in [-0.05, 0) is 87.7 Å². The van der Waals surface area contributed by atoms with Gasteiger partial charge in [-0.15, -0.1) is 12.4 Å². The van der Waals surface area contributed by atoms with Gasteiger partial charge in [0.1, 0.15) is 5.56 Å². The Balaban J connectivity index is 0.00000256. The van der Waals surface area contributed by atoms with Crippen molar-refractivity contribution in [3.63, 3.8) is 0 Å². The van der Waals surface area contributed by atoms with Crippen LogP contribution in [0.25, 0.3) is 0 Å². The normalized spacial score (nSPS) is 19.6. The molecule has 2 aromatic rings. The van der Waals surface area contributed by atoms with Gasteiger partial charge >= 0.3 is 0 Å². The number of nitrogens with zero attached hydrogens (tertiary/aromatic N) is 1. The Kier molecular flexibility index (Phi) is 7.04. The molecule has 1 aliphatic carbocycles. The zero-order chi connectivity index (χ0) is 20.4. The van der Waals surface area contributed by atoms with Crippen LogP contribution in [0.1, 0.15) is 52.7 Å². The molecule has 0 bridgehead atoms. The highest BCUT2D eigenvalue weighted by atomic mass is 35.5. The lowest BCUT2D eigenvalue weighted by molar-refractivity contribution is 0.0928. The lowest BCUT2D eigenvalue weighted by Crippen LogP contribution is -2.43. The largest absolute Gasteiger partial charge is 0.346 e. The van der Waals surface area contributed by atoms with Gasteiger partial charge in [0.25, 0.3) is 11.5 Å². The Morgan fingerprint density at radius 2 is 1.97 bits per heavy atom. The van der Waals surface area contributed by atoms with E-state index in [-0.39, 0.29) is 29.4 Å². The van der Waals surface area contributed by atoms with Crippen molar-refractivity contribution in [3.05, 3.63) is 69.1 Å². The summed E-state index contributed by atoms with van der Waals surface area (Å²) in [5.41, 5.74) is 3.17. The number of rotatable bonds is 6. The number of pyridine rings is 1. The maximum absolute atomic E-state index is 13.1. The molecule has 5 nitrogen and oxygen atoms in total. The number of halogens is 1. The maximum atomic E-state index is 13.1. The second kappa shape index (κ2) is 9.36. The number of piperidine rings is 1. The van der Waals surface area contributed by atoms with E-state index >= 15 is 0 Å². The Hall–Kier alpha value is -2.11. The fraction of sp³-hybridized carbons (Fsp3) is 0.500. The van der Waals surface area contributed by atoms with Crippen molar-refractivity contribution in [2.75, 3.05) is 13.1 Å². The number of benzene rings is 1. The number of amides is 1. The number of carbonyl (C=O) groups is 1. The van der Waals surface area contributed by atoms with E-state index in [2.05, 4.69) is 29.7 Å². The minimum Gasteiger partial charge on any atom is -0.346 e. The van der Waals surface area contributed by atoms with Crippen molar-refractivity contribution in [1.29, 1.82) is 0 Å². The van der Waals surface area contributed by atoms with E-state index in [1.807, 2.05) is 31.3 Å². The monoisotopic (exact) mass is 429 g/mol. The molecule has 1 aromatic carbocycles. The SMILES string of the molecule is Cc1ccccc1CC1(NC(=O)c2c(C)ccn(CC3CCCNC3)c2=O)CC1.Cl. The molecule has 1 unspecified atom stereocenters. The van der Waals surface area contributed by atoms with Crippen LogP contribution >= 0.6 is 12.4 Å². The van der Waals surface area contributed by atoms with Crippen molar-refractivity contribution in [3.8, 4) is 0 Å². The van der Waals surface area contributed by atoms with Crippen LogP contribution in [0, 0.1) is 19.8 Å². The van der Waals surface area contributed by atoms with Crippen molar-refractivity contribution in [1.82, 2.24) is 15.2 Å². The third-order valence-electron chi connectivity index (χ3n) is 6.48. The highest BCUT2D eigenvalue weighted by Crippen LogP contribution is 2.39. The summed E-state index contributed by atoms with van der Waals surface area (Å²) in [4.78, 5) is 26.2. The quantitative estimate of drug-likeness (QED) is 0.739. The first kappa shape index (κ1) is 22.6. The predicted molar refractivity (Wildman–Crippen MR) is 123 cm³/mol. The van der Waals surface area contributed by atoms with Crippen LogP contribution < -0.4 is 16.2 Å².